The second kappa shape index (κ2) is 6.70. The highest BCUT2D eigenvalue weighted by Crippen LogP contribution is 2.37. The molecule has 1 aliphatic rings. The van der Waals surface area contributed by atoms with Gasteiger partial charge in [0.2, 0.25) is 0 Å². The van der Waals surface area contributed by atoms with E-state index in [-0.39, 0.29) is 30.1 Å². The SMILES string of the molecule is Cl.N[C@@H](c1cc(F)cc(Br)c1O)C1CCOCC1. The Bertz CT molecular complexity index is 413. The van der Waals surface area contributed by atoms with Crippen LogP contribution in [0.3, 0.4) is 0 Å². The minimum Gasteiger partial charge on any atom is -0.506 e. The van der Waals surface area contributed by atoms with Gasteiger partial charge in [-0.05, 0) is 46.8 Å². The zero-order chi connectivity index (χ0) is 12.4. The van der Waals surface area contributed by atoms with Crippen LogP contribution in [0.25, 0.3) is 0 Å². The van der Waals surface area contributed by atoms with Gasteiger partial charge in [-0.15, -0.1) is 12.4 Å². The van der Waals surface area contributed by atoms with E-state index in [1.807, 2.05) is 0 Å². The van der Waals surface area contributed by atoms with E-state index in [4.69, 9.17) is 10.5 Å². The molecule has 0 aliphatic carbocycles. The first-order valence-corrected chi connectivity index (χ1v) is 6.40. The van der Waals surface area contributed by atoms with Crippen LogP contribution >= 0.6 is 28.3 Å². The highest BCUT2D eigenvalue weighted by atomic mass is 79.9. The normalized spacial score (nSPS) is 18.2. The Morgan fingerprint density at radius 1 is 1.39 bits per heavy atom. The van der Waals surface area contributed by atoms with Crippen LogP contribution in [0.15, 0.2) is 16.6 Å². The highest BCUT2D eigenvalue weighted by molar-refractivity contribution is 9.10. The Balaban J connectivity index is 0.00000162. The topological polar surface area (TPSA) is 55.5 Å². The summed E-state index contributed by atoms with van der Waals surface area (Å²) < 4.78 is 18.9. The Kier molecular flexibility index (Phi) is 5.85. The number of rotatable bonds is 2. The van der Waals surface area contributed by atoms with E-state index in [0.717, 1.165) is 12.8 Å². The zero-order valence-corrected chi connectivity index (χ0v) is 12.1. The van der Waals surface area contributed by atoms with E-state index in [1.165, 1.54) is 12.1 Å². The standard InChI is InChI=1S/C12H15BrFNO2.ClH/c13-10-6-8(14)5-9(12(10)16)11(15)7-1-3-17-4-2-7;/h5-7,11,16H,1-4,15H2;1H/t11-;/m1./s1. The smallest absolute Gasteiger partial charge is 0.134 e. The van der Waals surface area contributed by atoms with E-state index < -0.39 is 5.82 Å². The molecule has 1 heterocycles. The zero-order valence-electron chi connectivity index (χ0n) is 9.73. The van der Waals surface area contributed by atoms with Crippen molar-refractivity contribution in [1.82, 2.24) is 0 Å². The lowest BCUT2D eigenvalue weighted by molar-refractivity contribution is 0.0581. The Morgan fingerprint density at radius 2 is 2.00 bits per heavy atom. The van der Waals surface area contributed by atoms with Gasteiger partial charge in [-0.2, -0.15) is 0 Å². The number of benzene rings is 1. The minimum absolute atomic E-state index is 0. The molecule has 3 N–H and O–H groups in total. The third-order valence-electron chi connectivity index (χ3n) is 3.19. The van der Waals surface area contributed by atoms with Crippen molar-refractivity contribution in [1.29, 1.82) is 0 Å². The summed E-state index contributed by atoms with van der Waals surface area (Å²) in [4.78, 5) is 0. The summed E-state index contributed by atoms with van der Waals surface area (Å²) in [5.41, 5.74) is 6.57. The fourth-order valence-corrected chi connectivity index (χ4v) is 2.62. The molecule has 2 rings (SSSR count). The van der Waals surface area contributed by atoms with Gasteiger partial charge in [-0.25, -0.2) is 4.39 Å². The average Bonchev–Trinajstić information content (AvgIpc) is 2.34. The molecule has 1 aromatic carbocycles. The Hall–Kier alpha value is -0.360. The summed E-state index contributed by atoms with van der Waals surface area (Å²) in [6, 6.07) is 2.18. The molecule has 0 amide bonds. The van der Waals surface area contributed by atoms with Crippen molar-refractivity contribution in [2.75, 3.05) is 13.2 Å². The molecule has 0 spiro atoms. The van der Waals surface area contributed by atoms with Gasteiger partial charge in [-0.3, -0.25) is 0 Å². The van der Waals surface area contributed by atoms with Gasteiger partial charge in [-0.1, -0.05) is 0 Å². The van der Waals surface area contributed by atoms with Crippen LogP contribution in [0, 0.1) is 11.7 Å². The van der Waals surface area contributed by atoms with Crippen molar-refractivity contribution < 1.29 is 14.2 Å². The van der Waals surface area contributed by atoms with E-state index in [9.17, 15) is 9.50 Å². The minimum atomic E-state index is -0.396. The first kappa shape index (κ1) is 15.7. The molecule has 0 saturated carbocycles. The maximum absolute atomic E-state index is 13.3. The van der Waals surface area contributed by atoms with Crippen LogP contribution in [-0.4, -0.2) is 18.3 Å². The lowest BCUT2D eigenvalue weighted by Gasteiger charge is -2.28. The number of phenolic OH excluding ortho intramolecular Hbond substituents is 1. The van der Waals surface area contributed by atoms with E-state index in [0.29, 0.717) is 23.2 Å². The molecule has 1 atom stereocenters. The number of hydrogen-bond acceptors (Lipinski definition) is 3. The number of nitrogens with two attached hydrogens (primary N) is 1. The number of hydrogen-bond donors (Lipinski definition) is 2. The van der Waals surface area contributed by atoms with Crippen LogP contribution < -0.4 is 5.73 Å². The van der Waals surface area contributed by atoms with Crippen LogP contribution in [-0.2, 0) is 4.74 Å². The van der Waals surface area contributed by atoms with Crippen molar-refractivity contribution in [3.8, 4) is 5.75 Å². The van der Waals surface area contributed by atoms with Crippen molar-refractivity contribution >= 4 is 28.3 Å². The van der Waals surface area contributed by atoms with Crippen LogP contribution in [0.5, 0.6) is 5.75 Å². The summed E-state index contributed by atoms with van der Waals surface area (Å²) in [5, 5.41) is 9.90. The van der Waals surface area contributed by atoms with Gasteiger partial charge in [0.15, 0.2) is 0 Å². The molecular weight excluding hydrogens is 324 g/mol. The molecule has 102 valence electrons. The summed E-state index contributed by atoms with van der Waals surface area (Å²) in [7, 11) is 0. The molecule has 18 heavy (non-hydrogen) atoms. The molecule has 1 fully saturated rings. The average molecular weight is 341 g/mol. The molecule has 0 bridgehead atoms. The number of phenols is 1. The van der Waals surface area contributed by atoms with Crippen molar-refractivity contribution in [3.05, 3.63) is 28.0 Å². The lowest BCUT2D eigenvalue weighted by atomic mass is 9.87. The predicted octanol–water partition coefficient (Wildman–Crippen LogP) is 3.14. The van der Waals surface area contributed by atoms with Gasteiger partial charge in [0.1, 0.15) is 11.6 Å². The van der Waals surface area contributed by atoms with E-state index >= 15 is 0 Å². The molecule has 1 aliphatic heterocycles. The second-order valence-electron chi connectivity index (χ2n) is 4.30. The second-order valence-corrected chi connectivity index (χ2v) is 5.16. The molecular formula is C12H16BrClFNO2. The van der Waals surface area contributed by atoms with Crippen LogP contribution in [0.1, 0.15) is 24.4 Å². The Morgan fingerprint density at radius 3 is 2.61 bits per heavy atom. The maximum Gasteiger partial charge on any atom is 0.134 e. The monoisotopic (exact) mass is 339 g/mol. The predicted molar refractivity (Wildman–Crippen MR) is 73.5 cm³/mol. The highest BCUT2D eigenvalue weighted by Gasteiger charge is 2.25. The largest absolute Gasteiger partial charge is 0.506 e. The van der Waals surface area contributed by atoms with Gasteiger partial charge >= 0.3 is 0 Å². The summed E-state index contributed by atoms with van der Waals surface area (Å²) in [5.74, 6) is -0.138. The lowest BCUT2D eigenvalue weighted by Crippen LogP contribution is -2.27. The third kappa shape index (κ3) is 3.35. The summed E-state index contributed by atoms with van der Waals surface area (Å²) >= 11 is 3.12. The van der Waals surface area contributed by atoms with Crippen LogP contribution in [0.4, 0.5) is 4.39 Å². The fraction of sp³-hybridized carbons (Fsp3) is 0.500. The van der Waals surface area contributed by atoms with E-state index in [2.05, 4.69) is 15.9 Å². The number of halogens is 3. The van der Waals surface area contributed by atoms with Crippen molar-refractivity contribution in [3.63, 3.8) is 0 Å². The number of aromatic hydroxyl groups is 1. The van der Waals surface area contributed by atoms with Gasteiger partial charge in [0, 0.05) is 24.8 Å². The number of ether oxygens (including phenoxy) is 1. The first-order chi connectivity index (χ1) is 8.09. The molecule has 1 saturated heterocycles. The van der Waals surface area contributed by atoms with Gasteiger partial charge in [0.25, 0.3) is 0 Å². The summed E-state index contributed by atoms with van der Waals surface area (Å²) in [6.45, 7) is 1.35. The molecule has 1 aromatic rings. The van der Waals surface area contributed by atoms with Gasteiger partial charge in [0.05, 0.1) is 4.47 Å². The van der Waals surface area contributed by atoms with Gasteiger partial charge < -0.3 is 15.6 Å². The molecule has 0 aromatic heterocycles. The quantitative estimate of drug-likeness (QED) is 0.869. The molecule has 3 nitrogen and oxygen atoms in total. The third-order valence-corrected chi connectivity index (χ3v) is 3.80. The molecule has 0 radical (unpaired) electrons. The fourth-order valence-electron chi connectivity index (χ4n) is 2.17. The van der Waals surface area contributed by atoms with E-state index in [1.54, 1.807) is 0 Å². The molecule has 0 unspecified atom stereocenters. The Labute approximate surface area is 120 Å². The van der Waals surface area contributed by atoms with Crippen LogP contribution in [0.2, 0.25) is 0 Å². The summed E-state index contributed by atoms with van der Waals surface area (Å²) in [6.07, 6.45) is 1.68. The molecule has 6 heteroatoms. The van der Waals surface area contributed by atoms with Crippen molar-refractivity contribution in [2.24, 2.45) is 11.7 Å². The first-order valence-electron chi connectivity index (χ1n) is 5.61. The van der Waals surface area contributed by atoms with Crippen molar-refractivity contribution in [2.45, 2.75) is 18.9 Å². The maximum atomic E-state index is 13.3.